The first kappa shape index (κ1) is 13.2. The highest BCUT2D eigenvalue weighted by molar-refractivity contribution is 5.97. The Morgan fingerprint density at radius 1 is 1.37 bits per heavy atom. The molecule has 3 N–H and O–H groups in total. The van der Waals surface area contributed by atoms with Gasteiger partial charge in [-0.15, -0.1) is 0 Å². The molecular weight excluding hydrogens is 256 g/mol. The van der Waals surface area contributed by atoms with E-state index in [1.807, 2.05) is 0 Å². The maximum Gasteiger partial charge on any atom is 0.273 e. The molecule has 0 unspecified atom stereocenters. The summed E-state index contributed by atoms with van der Waals surface area (Å²) in [5.74, 6) is -2.50. The van der Waals surface area contributed by atoms with Crippen LogP contribution in [-0.4, -0.2) is 24.0 Å². The number of aromatic nitrogens is 1. The Bertz CT molecular complexity index is 578. The highest BCUT2D eigenvalue weighted by Crippen LogP contribution is 2.28. The Morgan fingerprint density at radius 3 is 2.68 bits per heavy atom. The van der Waals surface area contributed by atoms with E-state index in [2.05, 4.69) is 10.3 Å². The second-order valence-electron chi connectivity index (χ2n) is 3.67. The lowest BCUT2D eigenvalue weighted by Crippen LogP contribution is -2.29. The first-order chi connectivity index (χ1) is 9.15. The number of carbonyl (C=O) groups is 1. The molecule has 1 heterocycles. The Morgan fingerprint density at radius 2 is 2.05 bits per heavy atom. The molecule has 0 aliphatic carbocycles. The number of benzene rings is 1. The van der Waals surface area contributed by atoms with Gasteiger partial charge < -0.3 is 15.5 Å². The van der Waals surface area contributed by atoms with Gasteiger partial charge in [0, 0.05) is 13.1 Å². The Labute approximate surface area is 107 Å². The summed E-state index contributed by atoms with van der Waals surface area (Å²) in [4.78, 5) is 15.4. The number of hydrogen-bond acceptors (Lipinski definition) is 4. The number of rotatable bonds is 4. The van der Waals surface area contributed by atoms with Crippen LogP contribution < -0.4 is 11.1 Å². The van der Waals surface area contributed by atoms with Crippen molar-refractivity contribution in [3.05, 3.63) is 41.9 Å². The second kappa shape index (κ2) is 5.57. The summed E-state index contributed by atoms with van der Waals surface area (Å²) in [5, 5.41) is 2.45. The molecule has 100 valence electrons. The van der Waals surface area contributed by atoms with Gasteiger partial charge in [0.1, 0.15) is 11.6 Å². The van der Waals surface area contributed by atoms with E-state index >= 15 is 0 Å². The van der Waals surface area contributed by atoms with E-state index in [4.69, 9.17) is 10.2 Å². The third-order valence-corrected chi connectivity index (χ3v) is 2.40. The molecule has 0 bridgehead atoms. The molecule has 0 aliphatic heterocycles. The molecule has 0 spiro atoms. The predicted octanol–water partition coefficient (Wildman–Crippen LogP) is 1.31. The lowest BCUT2D eigenvalue weighted by Gasteiger charge is -2.04. The average Bonchev–Trinajstić information content (AvgIpc) is 2.85. The van der Waals surface area contributed by atoms with Crippen LogP contribution in [0, 0.1) is 11.6 Å². The molecular formula is C12H11F2N3O2. The average molecular weight is 267 g/mol. The van der Waals surface area contributed by atoms with Crippen LogP contribution in [0.25, 0.3) is 11.3 Å². The maximum absolute atomic E-state index is 13.6. The van der Waals surface area contributed by atoms with Crippen molar-refractivity contribution in [1.29, 1.82) is 0 Å². The fourth-order valence-corrected chi connectivity index (χ4v) is 1.57. The van der Waals surface area contributed by atoms with Gasteiger partial charge in [0.15, 0.2) is 17.8 Å². The number of carbonyl (C=O) groups excluding carboxylic acids is 1. The minimum absolute atomic E-state index is 0.183. The first-order valence-electron chi connectivity index (χ1n) is 5.51. The summed E-state index contributed by atoms with van der Waals surface area (Å²) in [7, 11) is 0. The molecule has 0 radical (unpaired) electrons. The number of oxazole rings is 1. The molecule has 1 aromatic heterocycles. The molecule has 0 atom stereocenters. The highest BCUT2D eigenvalue weighted by atomic mass is 19.1. The Kier molecular flexibility index (Phi) is 3.86. The number of amides is 1. The quantitative estimate of drug-likeness (QED) is 0.875. The van der Waals surface area contributed by atoms with Gasteiger partial charge in [0.2, 0.25) is 0 Å². The van der Waals surface area contributed by atoms with Gasteiger partial charge in [-0.2, -0.15) is 0 Å². The van der Waals surface area contributed by atoms with Gasteiger partial charge in [-0.05, 0) is 12.1 Å². The van der Waals surface area contributed by atoms with Crippen LogP contribution in [0.2, 0.25) is 0 Å². The van der Waals surface area contributed by atoms with Crippen LogP contribution in [0.3, 0.4) is 0 Å². The van der Waals surface area contributed by atoms with E-state index in [9.17, 15) is 13.6 Å². The van der Waals surface area contributed by atoms with Crippen LogP contribution in [0.15, 0.2) is 29.0 Å². The number of hydrogen-bond donors (Lipinski definition) is 2. The normalized spacial score (nSPS) is 10.5. The van der Waals surface area contributed by atoms with Crippen molar-refractivity contribution >= 4 is 5.91 Å². The van der Waals surface area contributed by atoms with Crippen LogP contribution in [0.5, 0.6) is 0 Å². The van der Waals surface area contributed by atoms with E-state index in [1.165, 1.54) is 6.07 Å². The molecule has 0 saturated carbocycles. The zero-order chi connectivity index (χ0) is 13.8. The van der Waals surface area contributed by atoms with Gasteiger partial charge in [0.05, 0.1) is 5.56 Å². The third-order valence-electron chi connectivity index (χ3n) is 2.40. The van der Waals surface area contributed by atoms with E-state index < -0.39 is 23.1 Å². The molecule has 2 rings (SSSR count). The smallest absolute Gasteiger partial charge is 0.273 e. The van der Waals surface area contributed by atoms with Gasteiger partial charge >= 0.3 is 0 Å². The summed E-state index contributed by atoms with van der Waals surface area (Å²) in [5.41, 5.74) is 4.65. The first-order valence-corrected chi connectivity index (χ1v) is 5.51. The Hall–Kier alpha value is -2.28. The minimum atomic E-state index is -0.829. The van der Waals surface area contributed by atoms with Crippen molar-refractivity contribution in [3.63, 3.8) is 0 Å². The summed E-state index contributed by atoms with van der Waals surface area (Å²) in [6.07, 6.45) is 0.957. The zero-order valence-corrected chi connectivity index (χ0v) is 9.82. The third kappa shape index (κ3) is 2.60. The highest BCUT2D eigenvalue weighted by Gasteiger charge is 2.23. The summed E-state index contributed by atoms with van der Waals surface area (Å²) in [6, 6.07) is 3.36. The monoisotopic (exact) mass is 267 g/mol. The Balaban J connectivity index is 2.42. The van der Waals surface area contributed by atoms with E-state index in [1.54, 1.807) is 0 Å². The standard InChI is InChI=1S/C12H11F2N3O2/c13-7-2-1-3-8(14)9(7)11-10(17-6-19-11)12(18)16-5-4-15/h1-3,6H,4-5,15H2,(H,16,18). The molecule has 2 aromatic rings. The zero-order valence-electron chi connectivity index (χ0n) is 9.82. The maximum atomic E-state index is 13.6. The van der Waals surface area contributed by atoms with Gasteiger partial charge in [0.25, 0.3) is 5.91 Å². The molecule has 0 saturated heterocycles. The van der Waals surface area contributed by atoms with Gasteiger partial charge in [-0.1, -0.05) is 6.07 Å². The number of nitrogens with zero attached hydrogens (tertiary/aromatic N) is 1. The topological polar surface area (TPSA) is 81.1 Å². The van der Waals surface area contributed by atoms with Crippen molar-refractivity contribution in [3.8, 4) is 11.3 Å². The van der Waals surface area contributed by atoms with E-state index in [0.717, 1.165) is 18.5 Å². The van der Waals surface area contributed by atoms with Crippen molar-refractivity contribution in [1.82, 2.24) is 10.3 Å². The number of nitrogens with one attached hydrogen (secondary N) is 1. The van der Waals surface area contributed by atoms with Crippen LogP contribution in [-0.2, 0) is 0 Å². The number of halogens is 2. The van der Waals surface area contributed by atoms with E-state index in [-0.39, 0.29) is 24.5 Å². The van der Waals surface area contributed by atoms with Crippen LogP contribution in [0.1, 0.15) is 10.5 Å². The van der Waals surface area contributed by atoms with Crippen molar-refractivity contribution in [2.24, 2.45) is 5.73 Å². The fraction of sp³-hybridized carbons (Fsp3) is 0.167. The van der Waals surface area contributed by atoms with Crippen molar-refractivity contribution in [2.45, 2.75) is 0 Å². The molecule has 7 heteroatoms. The van der Waals surface area contributed by atoms with Gasteiger partial charge in [-0.25, -0.2) is 13.8 Å². The van der Waals surface area contributed by atoms with Crippen molar-refractivity contribution < 1.29 is 18.0 Å². The minimum Gasteiger partial charge on any atom is -0.442 e. The summed E-state index contributed by atoms with van der Waals surface area (Å²) in [6.45, 7) is 0.470. The van der Waals surface area contributed by atoms with Crippen molar-refractivity contribution in [2.75, 3.05) is 13.1 Å². The fourth-order valence-electron chi connectivity index (χ4n) is 1.57. The molecule has 0 aliphatic rings. The summed E-state index contributed by atoms with van der Waals surface area (Å²) < 4.78 is 32.2. The molecule has 0 fully saturated rings. The summed E-state index contributed by atoms with van der Waals surface area (Å²) >= 11 is 0. The lowest BCUT2D eigenvalue weighted by molar-refractivity contribution is 0.0950. The number of nitrogens with two attached hydrogens (primary N) is 1. The lowest BCUT2D eigenvalue weighted by atomic mass is 10.1. The molecule has 1 aromatic carbocycles. The predicted molar refractivity (Wildman–Crippen MR) is 63.2 cm³/mol. The van der Waals surface area contributed by atoms with Gasteiger partial charge in [-0.3, -0.25) is 4.79 Å². The largest absolute Gasteiger partial charge is 0.442 e. The molecule has 19 heavy (non-hydrogen) atoms. The SMILES string of the molecule is NCCNC(=O)c1ncoc1-c1c(F)cccc1F. The van der Waals surface area contributed by atoms with Crippen LogP contribution in [0.4, 0.5) is 8.78 Å². The van der Waals surface area contributed by atoms with E-state index in [0.29, 0.717) is 0 Å². The molecule has 5 nitrogen and oxygen atoms in total. The molecule has 1 amide bonds. The van der Waals surface area contributed by atoms with Crippen LogP contribution >= 0.6 is 0 Å². The second-order valence-corrected chi connectivity index (χ2v) is 3.67.